The van der Waals surface area contributed by atoms with Crippen molar-refractivity contribution < 1.29 is 9.53 Å². The van der Waals surface area contributed by atoms with E-state index in [1.165, 1.54) is 0 Å². The number of ether oxygens (including phenoxy) is 1. The summed E-state index contributed by atoms with van der Waals surface area (Å²) in [4.78, 5) is 18.3. The van der Waals surface area contributed by atoms with Crippen LogP contribution in [0.25, 0.3) is 0 Å². The summed E-state index contributed by atoms with van der Waals surface area (Å²) in [6.07, 6.45) is 3.34. The molecule has 148 valence electrons. The monoisotopic (exact) mass is 469 g/mol. The van der Waals surface area contributed by atoms with Crippen LogP contribution in [-0.4, -0.2) is 76.3 Å². The number of piperidine rings is 1. The Balaban J connectivity index is 0.00000576. The highest BCUT2D eigenvalue weighted by molar-refractivity contribution is 14.0. The molecule has 1 heterocycles. The average molecular weight is 469 g/mol. The second-order valence-electron chi connectivity index (χ2n) is 6.55. The summed E-state index contributed by atoms with van der Waals surface area (Å²) in [7, 11) is 3.53. The first kappa shape index (κ1) is 24.4. The molecule has 1 rings (SSSR count). The minimum absolute atomic E-state index is 0. The molecule has 1 aliphatic rings. The number of aliphatic imine (C=N–C) groups is 1. The number of methoxy groups -OCH3 is 1. The molecule has 0 aromatic rings. The van der Waals surface area contributed by atoms with E-state index >= 15 is 0 Å². The summed E-state index contributed by atoms with van der Waals surface area (Å²) in [5.74, 6) is 0.920. The van der Waals surface area contributed by atoms with Crippen molar-refractivity contribution in [3.05, 3.63) is 0 Å². The van der Waals surface area contributed by atoms with Crippen LogP contribution in [0.2, 0.25) is 0 Å². The lowest BCUT2D eigenvalue weighted by Crippen LogP contribution is -2.50. The zero-order valence-corrected chi connectivity index (χ0v) is 18.5. The molecule has 0 radical (unpaired) electrons. The molecule has 0 saturated carbocycles. The smallest absolute Gasteiger partial charge is 0.222 e. The summed E-state index contributed by atoms with van der Waals surface area (Å²) >= 11 is 0. The van der Waals surface area contributed by atoms with E-state index in [2.05, 4.69) is 25.8 Å². The fourth-order valence-electron chi connectivity index (χ4n) is 2.69. The van der Waals surface area contributed by atoms with Gasteiger partial charge >= 0.3 is 0 Å². The SMILES string of the molecule is CN=C(NCCNC(=O)C(C)C)NC1CCN(CCCOC)CC1.I. The number of hydrogen-bond acceptors (Lipinski definition) is 4. The Kier molecular flexibility index (Phi) is 14.2. The number of likely N-dealkylation sites (tertiary alicyclic amines) is 1. The Morgan fingerprint density at radius 3 is 2.44 bits per heavy atom. The molecule has 0 aromatic heterocycles. The molecule has 0 aromatic carbocycles. The van der Waals surface area contributed by atoms with Crippen molar-refractivity contribution in [3.8, 4) is 0 Å². The fourth-order valence-corrected chi connectivity index (χ4v) is 2.69. The lowest BCUT2D eigenvalue weighted by Gasteiger charge is -2.33. The summed E-state index contributed by atoms with van der Waals surface area (Å²) in [6, 6.07) is 0.458. The first-order valence-corrected chi connectivity index (χ1v) is 9.03. The number of guanidine groups is 1. The second-order valence-corrected chi connectivity index (χ2v) is 6.55. The van der Waals surface area contributed by atoms with Gasteiger partial charge in [-0.15, -0.1) is 24.0 Å². The average Bonchev–Trinajstić information content (AvgIpc) is 2.58. The fraction of sp³-hybridized carbons (Fsp3) is 0.882. The molecular weight excluding hydrogens is 433 g/mol. The molecule has 1 aliphatic heterocycles. The minimum Gasteiger partial charge on any atom is -0.385 e. The highest BCUT2D eigenvalue weighted by Gasteiger charge is 2.19. The molecule has 0 bridgehead atoms. The van der Waals surface area contributed by atoms with E-state index in [1.54, 1.807) is 14.2 Å². The number of carbonyl (C=O) groups excluding carboxylic acids is 1. The number of nitrogens with zero attached hydrogens (tertiary/aromatic N) is 2. The zero-order valence-electron chi connectivity index (χ0n) is 16.1. The van der Waals surface area contributed by atoms with Gasteiger partial charge in [0.15, 0.2) is 5.96 Å². The molecule has 0 unspecified atom stereocenters. The first-order chi connectivity index (χ1) is 11.6. The van der Waals surface area contributed by atoms with Gasteiger partial charge in [0.1, 0.15) is 0 Å². The van der Waals surface area contributed by atoms with Gasteiger partial charge in [0.2, 0.25) is 5.91 Å². The number of hydrogen-bond donors (Lipinski definition) is 3. The van der Waals surface area contributed by atoms with Crippen molar-refractivity contribution in [2.45, 2.75) is 39.2 Å². The first-order valence-electron chi connectivity index (χ1n) is 9.03. The predicted octanol–water partition coefficient (Wildman–Crippen LogP) is 1.04. The normalized spacial score (nSPS) is 16.4. The zero-order chi connectivity index (χ0) is 17.8. The molecule has 25 heavy (non-hydrogen) atoms. The lowest BCUT2D eigenvalue weighted by molar-refractivity contribution is -0.123. The Bertz CT molecular complexity index is 385. The topological polar surface area (TPSA) is 78.0 Å². The molecule has 7 nitrogen and oxygen atoms in total. The molecular formula is C17H36IN5O2. The maximum absolute atomic E-state index is 11.5. The van der Waals surface area contributed by atoms with E-state index in [1.807, 2.05) is 13.8 Å². The van der Waals surface area contributed by atoms with Crippen molar-refractivity contribution >= 4 is 35.8 Å². The highest BCUT2D eigenvalue weighted by Crippen LogP contribution is 2.10. The van der Waals surface area contributed by atoms with E-state index in [0.29, 0.717) is 19.1 Å². The summed E-state index contributed by atoms with van der Waals surface area (Å²) in [5, 5.41) is 9.63. The largest absolute Gasteiger partial charge is 0.385 e. The van der Waals surface area contributed by atoms with Gasteiger partial charge in [-0.2, -0.15) is 0 Å². The van der Waals surface area contributed by atoms with Gasteiger partial charge in [0.05, 0.1) is 0 Å². The van der Waals surface area contributed by atoms with Gasteiger partial charge in [-0.1, -0.05) is 13.8 Å². The summed E-state index contributed by atoms with van der Waals surface area (Å²) in [6.45, 7) is 9.25. The standard InChI is InChI=1S/C17H35N5O2.HI/c1-14(2)16(23)19-8-9-20-17(18-3)21-15-6-11-22(12-7-15)10-5-13-24-4;/h14-15H,5-13H2,1-4H3,(H,19,23)(H2,18,20,21);1H. The van der Waals surface area contributed by atoms with Crippen LogP contribution in [0.3, 0.4) is 0 Å². The highest BCUT2D eigenvalue weighted by atomic mass is 127. The van der Waals surface area contributed by atoms with Gasteiger partial charge in [-0.05, 0) is 19.3 Å². The molecule has 0 aliphatic carbocycles. The molecule has 8 heteroatoms. The third kappa shape index (κ3) is 10.9. The van der Waals surface area contributed by atoms with Crippen LogP contribution in [0.4, 0.5) is 0 Å². The molecule has 3 N–H and O–H groups in total. The van der Waals surface area contributed by atoms with Crippen LogP contribution in [0.1, 0.15) is 33.1 Å². The molecule has 1 saturated heterocycles. The summed E-state index contributed by atoms with van der Waals surface area (Å²) < 4.78 is 5.11. The summed E-state index contributed by atoms with van der Waals surface area (Å²) in [5.41, 5.74) is 0. The van der Waals surface area contributed by atoms with Crippen LogP contribution < -0.4 is 16.0 Å². The van der Waals surface area contributed by atoms with Crippen molar-refractivity contribution in [3.63, 3.8) is 0 Å². The third-order valence-electron chi connectivity index (χ3n) is 4.22. The van der Waals surface area contributed by atoms with E-state index in [4.69, 9.17) is 4.74 Å². The Labute approximate surface area is 169 Å². The minimum atomic E-state index is 0. The number of carbonyl (C=O) groups is 1. The maximum atomic E-state index is 11.5. The maximum Gasteiger partial charge on any atom is 0.222 e. The van der Waals surface area contributed by atoms with Gasteiger partial charge in [0.25, 0.3) is 0 Å². The van der Waals surface area contributed by atoms with E-state index in [0.717, 1.165) is 51.5 Å². The number of amides is 1. The lowest BCUT2D eigenvalue weighted by atomic mass is 10.1. The number of rotatable bonds is 9. The molecule has 0 atom stereocenters. The van der Waals surface area contributed by atoms with Crippen molar-refractivity contribution in [2.24, 2.45) is 10.9 Å². The van der Waals surface area contributed by atoms with Crippen LogP contribution in [-0.2, 0) is 9.53 Å². The van der Waals surface area contributed by atoms with Crippen molar-refractivity contribution in [1.29, 1.82) is 0 Å². The van der Waals surface area contributed by atoms with Gasteiger partial charge in [-0.3, -0.25) is 9.79 Å². The van der Waals surface area contributed by atoms with Crippen LogP contribution in [0.5, 0.6) is 0 Å². The second kappa shape index (κ2) is 14.5. The quantitative estimate of drug-likeness (QED) is 0.204. The molecule has 0 spiro atoms. The van der Waals surface area contributed by atoms with Gasteiger partial charge in [-0.25, -0.2) is 0 Å². The Hall–Kier alpha value is -0.610. The van der Waals surface area contributed by atoms with Crippen molar-refractivity contribution in [1.82, 2.24) is 20.9 Å². The number of halogens is 1. The van der Waals surface area contributed by atoms with E-state index in [-0.39, 0.29) is 35.8 Å². The Morgan fingerprint density at radius 2 is 1.88 bits per heavy atom. The van der Waals surface area contributed by atoms with E-state index < -0.39 is 0 Å². The molecule has 1 amide bonds. The number of nitrogens with one attached hydrogen (secondary N) is 3. The Morgan fingerprint density at radius 1 is 1.24 bits per heavy atom. The third-order valence-corrected chi connectivity index (χ3v) is 4.22. The van der Waals surface area contributed by atoms with Crippen molar-refractivity contribution in [2.75, 3.05) is 53.5 Å². The predicted molar refractivity (Wildman–Crippen MR) is 114 cm³/mol. The van der Waals surface area contributed by atoms with Crippen LogP contribution in [0, 0.1) is 5.92 Å². The molecule has 1 fully saturated rings. The van der Waals surface area contributed by atoms with E-state index in [9.17, 15) is 4.79 Å². The van der Waals surface area contributed by atoms with Gasteiger partial charge in [0, 0.05) is 65.4 Å². The van der Waals surface area contributed by atoms with Crippen LogP contribution in [0.15, 0.2) is 4.99 Å². The van der Waals surface area contributed by atoms with Crippen LogP contribution >= 0.6 is 24.0 Å². The van der Waals surface area contributed by atoms with Gasteiger partial charge < -0.3 is 25.6 Å².